The number of hydrogen-bond donors (Lipinski definition) is 0. The third-order valence-electron chi connectivity index (χ3n) is 5.29. The number of hydrogen-bond acceptors (Lipinski definition) is 6. The molecule has 4 aromatic rings. The van der Waals surface area contributed by atoms with Crippen LogP contribution in [0.4, 0.5) is 0 Å². The molecule has 0 aliphatic heterocycles. The number of rotatable bonds is 6. The zero-order valence-electron chi connectivity index (χ0n) is 27.2. The maximum absolute atomic E-state index is 12.5. The third-order valence-corrected chi connectivity index (χ3v) is 5.29. The van der Waals surface area contributed by atoms with Crippen molar-refractivity contribution in [3.63, 3.8) is 0 Å². The van der Waals surface area contributed by atoms with Gasteiger partial charge < -0.3 is 14.2 Å². The number of aryl methyl sites for hydroxylation is 1. The van der Waals surface area contributed by atoms with Crippen molar-refractivity contribution in [2.75, 3.05) is 7.11 Å². The standard InChI is InChI=1S/C29H22O6.4C2H6/c1-19-3-5-23(6-4-19)28(31)35-26-17-13-24(14-18-26)29(32)34-25-15-11-21(12-16-25)20-7-9-22(10-8-20)27(30)33-2;4*1-2/h3-18H,1-2H3;4*1-2H3. The summed E-state index contributed by atoms with van der Waals surface area (Å²) in [6.45, 7) is 17.9. The van der Waals surface area contributed by atoms with E-state index < -0.39 is 17.9 Å². The Morgan fingerprint density at radius 3 is 1.07 bits per heavy atom. The van der Waals surface area contributed by atoms with E-state index in [1.807, 2.05) is 98.7 Å². The number of carbonyl (C=O) groups is 3. The summed E-state index contributed by atoms with van der Waals surface area (Å²) >= 11 is 0. The quantitative estimate of drug-likeness (QED) is 0.165. The fourth-order valence-electron chi connectivity index (χ4n) is 3.31. The summed E-state index contributed by atoms with van der Waals surface area (Å²) in [7, 11) is 1.34. The van der Waals surface area contributed by atoms with Crippen LogP contribution in [0.1, 0.15) is 92.0 Å². The van der Waals surface area contributed by atoms with Gasteiger partial charge in [0, 0.05) is 0 Å². The number of ether oxygens (including phenoxy) is 3. The molecule has 6 heteroatoms. The molecule has 0 saturated carbocycles. The van der Waals surface area contributed by atoms with Gasteiger partial charge in [-0.15, -0.1) is 0 Å². The first-order valence-corrected chi connectivity index (χ1v) is 14.8. The molecule has 6 nitrogen and oxygen atoms in total. The minimum atomic E-state index is -0.531. The number of carbonyl (C=O) groups excluding carboxylic acids is 3. The molecule has 0 N–H and O–H groups in total. The molecule has 230 valence electrons. The summed E-state index contributed by atoms with van der Waals surface area (Å²) in [6.07, 6.45) is 0. The molecule has 0 atom stereocenters. The number of benzene rings is 4. The van der Waals surface area contributed by atoms with E-state index >= 15 is 0 Å². The van der Waals surface area contributed by atoms with Crippen molar-refractivity contribution in [1.29, 1.82) is 0 Å². The summed E-state index contributed by atoms with van der Waals surface area (Å²) in [5.74, 6) is -0.678. The number of methoxy groups -OCH3 is 1. The average Bonchev–Trinajstić information content (AvgIpc) is 3.09. The fraction of sp³-hybridized carbons (Fsp3) is 0.270. The maximum atomic E-state index is 12.5. The van der Waals surface area contributed by atoms with E-state index in [0.29, 0.717) is 28.2 Å². The lowest BCUT2D eigenvalue weighted by atomic mass is 10.0. The second kappa shape index (κ2) is 22.0. The van der Waals surface area contributed by atoms with Crippen LogP contribution in [-0.2, 0) is 4.74 Å². The van der Waals surface area contributed by atoms with Crippen molar-refractivity contribution >= 4 is 17.9 Å². The summed E-state index contributed by atoms with van der Waals surface area (Å²) in [5.41, 5.74) is 4.10. The summed E-state index contributed by atoms with van der Waals surface area (Å²) in [6, 6.07) is 27.3. The van der Waals surface area contributed by atoms with Crippen molar-refractivity contribution in [2.24, 2.45) is 0 Å². The van der Waals surface area contributed by atoms with E-state index in [4.69, 9.17) is 14.2 Å². The van der Waals surface area contributed by atoms with E-state index in [9.17, 15) is 14.4 Å². The van der Waals surface area contributed by atoms with Gasteiger partial charge >= 0.3 is 17.9 Å². The second-order valence-electron chi connectivity index (χ2n) is 7.76. The molecule has 4 aromatic carbocycles. The average molecular weight is 587 g/mol. The van der Waals surface area contributed by atoms with Gasteiger partial charge in [0.05, 0.1) is 23.8 Å². The number of esters is 3. The molecular formula is C37H46O6. The predicted molar refractivity (Wildman–Crippen MR) is 176 cm³/mol. The van der Waals surface area contributed by atoms with E-state index in [0.717, 1.165) is 16.7 Å². The van der Waals surface area contributed by atoms with Crippen LogP contribution in [0.2, 0.25) is 0 Å². The molecule has 0 radical (unpaired) electrons. The Kier molecular flexibility index (Phi) is 19.6. The van der Waals surface area contributed by atoms with Crippen molar-refractivity contribution in [3.05, 3.63) is 119 Å². The van der Waals surface area contributed by atoms with Gasteiger partial charge in [0.15, 0.2) is 0 Å². The van der Waals surface area contributed by atoms with E-state index in [-0.39, 0.29) is 0 Å². The molecule has 0 aromatic heterocycles. The fourth-order valence-corrected chi connectivity index (χ4v) is 3.31. The Morgan fingerprint density at radius 2 is 0.698 bits per heavy atom. The van der Waals surface area contributed by atoms with E-state index in [1.165, 1.54) is 19.2 Å². The monoisotopic (exact) mass is 586 g/mol. The van der Waals surface area contributed by atoms with Crippen LogP contribution in [0.5, 0.6) is 11.5 Å². The van der Waals surface area contributed by atoms with Gasteiger partial charge in [0.1, 0.15) is 11.5 Å². The molecule has 0 fully saturated rings. The van der Waals surface area contributed by atoms with Crippen LogP contribution in [0.15, 0.2) is 97.1 Å². The molecule has 0 aliphatic carbocycles. The minimum Gasteiger partial charge on any atom is -0.465 e. The predicted octanol–water partition coefficient (Wildman–Crippen LogP) is 9.99. The largest absolute Gasteiger partial charge is 0.465 e. The van der Waals surface area contributed by atoms with Crippen LogP contribution in [0.25, 0.3) is 11.1 Å². The van der Waals surface area contributed by atoms with Crippen molar-refractivity contribution in [1.82, 2.24) is 0 Å². The highest BCUT2D eigenvalue weighted by atomic mass is 16.5. The first-order chi connectivity index (χ1) is 20.9. The first kappa shape index (κ1) is 38.3. The highest BCUT2D eigenvalue weighted by molar-refractivity contribution is 5.93. The highest BCUT2D eigenvalue weighted by Crippen LogP contribution is 2.24. The molecule has 43 heavy (non-hydrogen) atoms. The Morgan fingerprint density at radius 1 is 0.419 bits per heavy atom. The van der Waals surface area contributed by atoms with E-state index in [2.05, 4.69) is 0 Å². The van der Waals surface area contributed by atoms with Gasteiger partial charge in [-0.3, -0.25) is 0 Å². The summed E-state index contributed by atoms with van der Waals surface area (Å²) in [5, 5.41) is 0. The Labute approximate surface area is 257 Å². The second-order valence-corrected chi connectivity index (χ2v) is 7.76. The van der Waals surface area contributed by atoms with Crippen molar-refractivity contribution < 1.29 is 28.6 Å². The zero-order valence-corrected chi connectivity index (χ0v) is 27.2. The van der Waals surface area contributed by atoms with Crippen LogP contribution < -0.4 is 9.47 Å². The normalized spacial score (nSPS) is 8.98. The van der Waals surface area contributed by atoms with Crippen LogP contribution in [-0.4, -0.2) is 25.0 Å². The highest BCUT2D eigenvalue weighted by Gasteiger charge is 2.12. The molecule has 0 unspecified atom stereocenters. The van der Waals surface area contributed by atoms with Gasteiger partial charge in [0.2, 0.25) is 0 Å². The van der Waals surface area contributed by atoms with Crippen LogP contribution >= 0.6 is 0 Å². The smallest absolute Gasteiger partial charge is 0.343 e. The van der Waals surface area contributed by atoms with Crippen LogP contribution in [0, 0.1) is 6.92 Å². The molecule has 0 heterocycles. The SMILES string of the molecule is CC.CC.CC.CC.COC(=O)c1ccc(-c2ccc(OC(=O)c3ccc(OC(=O)c4ccc(C)cc4)cc3)cc2)cc1. The molecule has 0 aliphatic rings. The van der Waals surface area contributed by atoms with Gasteiger partial charge in [-0.05, 0) is 78.7 Å². The molecule has 4 rings (SSSR count). The molecule has 0 spiro atoms. The van der Waals surface area contributed by atoms with Crippen molar-refractivity contribution in [3.8, 4) is 22.6 Å². The zero-order chi connectivity index (χ0) is 32.8. The Hall–Kier alpha value is -4.71. The molecular weight excluding hydrogens is 540 g/mol. The summed E-state index contributed by atoms with van der Waals surface area (Å²) < 4.78 is 15.5. The topological polar surface area (TPSA) is 78.9 Å². The Balaban J connectivity index is 0.00000204. The lowest BCUT2D eigenvalue weighted by Crippen LogP contribution is -2.10. The molecule has 0 bridgehead atoms. The van der Waals surface area contributed by atoms with Gasteiger partial charge in [-0.1, -0.05) is 97.4 Å². The van der Waals surface area contributed by atoms with Gasteiger partial charge in [0.25, 0.3) is 0 Å². The van der Waals surface area contributed by atoms with Crippen molar-refractivity contribution in [2.45, 2.75) is 62.3 Å². The van der Waals surface area contributed by atoms with Gasteiger partial charge in [-0.2, -0.15) is 0 Å². The van der Waals surface area contributed by atoms with Crippen LogP contribution in [0.3, 0.4) is 0 Å². The van der Waals surface area contributed by atoms with Gasteiger partial charge in [-0.25, -0.2) is 14.4 Å². The maximum Gasteiger partial charge on any atom is 0.343 e. The minimum absolute atomic E-state index is 0.322. The lowest BCUT2D eigenvalue weighted by molar-refractivity contribution is 0.0599. The molecule has 0 amide bonds. The third kappa shape index (κ3) is 12.4. The summed E-state index contributed by atoms with van der Waals surface area (Å²) in [4.78, 5) is 36.3. The first-order valence-electron chi connectivity index (χ1n) is 14.8. The molecule has 0 saturated heterocycles. The lowest BCUT2D eigenvalue weighted by Gasteiger charge is -2.08. The van der Waals surface area contributed by atoms with E-state index in [1.54, 1.807) is 48.5 Å². The Bertz CT molecular complexity index is 1340.